The Balaban J connectivity index is 1.58. The van der Waals surface area contributed by atoms with Crippen molar-refractivity contribution in [2.75, 3.05) is 13.1 Å². The lowest BCUT2D eigenvalue weighted by Crippen LogP contribution is -2.33. The van der Waals surface area contributed by atoms with E-state index in [1.54, 1.807) is 0 Å². The molecule has 0 spiro atoms. The lowest BCUT2D eigenvalue weighted by Gasteiger charge is -2.26. The second-order valence-electron chi connectivity index (χ2n) is 4.81. The highest BCUT2D eigenvalue weighted by molar-refractivity contribution is 5.06. The van der Waals surface area contributed by atoms with Crippen molar-refractivity contribution in [3.05, 3.63) is 35.7 Å². The topological polar surface area (TPSA) is 59.1 Å². The highest BCUT2D eigenvalue weighted by Gasteiger charge is 2.18. The van der Waals surface area contributed by atoms with Crippen molar-refractivity contribution in [3.63, 3.8) is 0 Å². The molecule has 1 N–H and O–H groups in total. The number of aromatic nitrogens is 3. The molecule has 0 saturated carbocycles. The standard InChI is InChI=1S/C13H19N5O/c1-2-14-8-11-7-12(19-16-11)9-17-5-6-18-4-3-15-13(18)10-17/h3-4,7,14H,2,5-6,8-10H2,1H3. The fraction of sp³-hybridized carbons (Fsp3) is 0.538. The highest BCUT2D eigenvalue weighted by atomic mass is 16.5. The number of nitrogens with zero attached hydrogens (tertiary/aromatic N) is 4. The summed E-state index contributed by atoms with van der Waals surface area (Å²) in [7, 11) is 0. The largest absolute Gasteiger partial charge is 0.360 e. The molecule has 1 aliphatic heterocycles. The van der Waals surface area contributed by atoms with E-state index in [9.17, 15) is 0 Å². The first-order valence-corrected chi connectivity index (χ1v) is 6.72. The fourth-order valence-electron chi connectivity index (χ4n) is 2.35. The molecule has 0 bridgehead atoms. The van der Waals surface area contributed by atoms with Crippen LogP contribution in [0, 0.1) is 0 Å². The van der Waals surface area contributed by atoms with Crippen molar-refractivity contribution in [2.24, 2.45) is 0 Å². The number of hydrogen-bond donors (Lipinski definition) is 1. The van der Waals surface area contributed by atoms with Crippen LogP contribution in [0.1, 0.15) is 24.2 Å². The minimum Gasteiger partial charge on any atom is -0.360 e. The van der Waals surface area contributed by atoms with Crippen LogP contribution in [-0.2, 0) is 26.2 Å². The summed E-state index contributed by atoms with van der Waals surface area (Å²) < 4.78 is 7.58. The SMILES string of the molecule is CCNCc1cc(CN2CCn3ccnc3C2)on1. The van der Waals surface area contributed by atoms with Gasteiger partial charge in [0.1, 0.15) is 5.82 Å². The van der Waals surface area contributed by atoms with Crippen LogP contribution >= 0.6 is 0 Å². The molecule has 3 rings (SSSR count). The van der Waals surface area contributed by atoms with E-state index in [0.29, 0.717) is 0 Å². The zero-order chi connectivity index (χ0) is 13.1. The van der Waals surface area contributed by atoms with Crippen molar-refractivity contribution < 1.29 is 4.52 Å². The van der Waals surface area contributed by atoms with Gasteiger partial charge in [0.2, 0.25) is 0 Å². The molecular weight excluding hydrogens is 242 g/mol. The van der Waals surface area contributed by atoms with Crippen molar-refractivity contribution in [2.45, 2.75) is 33.1 Å². The van der Waals surface area contributed by atoms with E-state index in [0.717, 1.165) is 56.5 Å². The average molecular weight is 261 g/mol. The minimum atomic E-state index is 0.768. The molecule has 0 aromatic carbocycles. The summed E-state index contributed by atoms with van der Waals surface area (Å²) in [5.74, 6) is 2.05. The molecule has 2 aromatic heterocycles. The van der Waals surface area contributed by atoms with Crippen molar-refractivity contribution >= 4 is 0 Å². The molecule has 3 heterocycles. The normalized spacial score (nSPS) is 15.6. The summed E-state index contributed by atoms with van der Waals surface area (Å²) in [5.41, 5.74) is 0.968. The molecule has 0 saturated heterocycles. The van der Waals surface area contributed by atoms with E-state index in [1.807, 2.05) is 18.5 Å². The fourth-order valence-corrected chi connectivity index (χ4v) is 2.35. The van der Waals surface area contributed by atoms with Gasteiger partial charge in [-0.15, -0.1) is 0 Å². The van der Waals surface area contributed by atoms with Gasteiger partial charge >= 0.3 is 0 Å². The predicted octanol–water partition coefficient (Wildman–Crippen LogP) is 0.996. The molecule has 0 amide bonds. The lowest BCUT2D eigenvalue weighted by molar-refractivity contribution is 0.186. The van der Waals surface area contributed by atoms with Gasteiger partial charge in [-0.3, -0.25) is 4.90 Å². The molecule has 2 aromatic rings. The van der Waals surface area contributed by atoms with E-state index in [4.69, 9.17) is 4.52 Å². The Hall–Kier alpha value is -1.66. The highest BCUT2D eigenvalue weighted by Crippen LogP contribution is 2.14. The first-order valence-electron chi connectivity index (χ1n) is 6.72. The maximum atomic E-state index is 5.38. The van der Waals surface area contributed by atoms with Gasteiger partial charge in [0.15, 0.2) is 5.76 Å². The van der Waals surface area contributed by atoms with E-state index in [2.05, 4.69) is 31.8 Å². The van der Waals surface area contributed by atoms with Gasteiger partial charge < -0.3 is 14.4 Å². The Labute approximate surface area is 112 Å². The first kappa shape index (κ1) is 12.4. The molecule has 0 radical (unpaired) electrons. The van der Waals surface area contributed by atoms with Crippen LogP contribution in [0.3, 0.4) is 0 Å². The smallest absolute Gasteiger partial charge is 0.151 e. The third kappa shape index (κ3) is 2.85. The Morgan fingerprint density at radius 2 is 2.37 bits per heavy atom. The van der Waals surface area contributed by atoms with Crippen LogP contribution in [-0.4, -0.2) is 32.7 Å². The summed E-state index contributed by atoms with van der Waals surface area (Å²) in [6.45, 7) is 7.47. The Morgan fingerprint density at radius 3 is 3.26 bits per heavy atom. The van der Waals surface area contributed by atoms with Gasteiger partial charge in [-0.1, -0.05) is 12.1 Å². The molecule has 102 valence electrons. The third-order valence-corrected chi connectivity index (χ3v) is 3.37. The molecule has 0 unspecified atom stereocenters. The first-order chi connectivity index (χ1) is 9.35. The second-order valence-corrected chi connectivity index (χ2v) is 4.81. The quantitative estimate of drug-likeness (QED) is 0.870. The zero-order valence-corrected chi connectivity index (χ0v) is 11.2. The van der Waals surface area contributed by atoms with E-state index in [-0.39, 0.29) is 0 Å². The van der Waals surface area contributed by atoms with Crippen LogP contribution < -0.4 is 5.32 Å². The minimum absolute atomic E-state index is 0.768. The number of fused-ring (bicyclic) bond motifs is 1. The van der Waals surface area contributed by atoms with Crippen molar-refractivity contribution in [1.82, 2.24) is 24.9 Å². The van der Waals surface area contributed by atoms with E-state index < -0.39 is 0 Å². The monoisotopic (exact) mass is 261 g/mol. The second kappa shape index (κ2) is 5.54. The van der Waals surface area contributed by atoms with Gasteiger partial charge in [-0.05, 0) is 6.54 Å². The molecule has 6 heteroatoms. The number of imidazole rings is 1. The van der Waals surface area contributed by atoms with Crippen LogP contribution in [0.5, 0.6) is 0 Å². The molecule has 0 atom stereocenters. The molecule has 0 aliphatic carbocycles. The van der Waals surface area contributed by atoms with E-state index in [1.165, 1.54) is 0 Å². The van der Waals surface area contributed by atoms with Crippen LogP contribution in [0.4, 0.5) is 0 Å². The van der Waals surface area contributed by atoms with Crippen LogP contribution in [0.25, 0.3) is 0 Å². The number of nitrogens with one attached hydrogen (secondary N) is 1. The van der Waals surface area contributed by atoms with Crippen molar-refractivity contribution in [3.8, 4) is 0 Å². The number of rotatable bonds is 5. The van der Waals surface area contributed by atoms with Gasteiger partial charge in [-0.2, -0.15) is 0 Å². The average Bonchev–Trinajstić information content (AvgIpc) is 3.05. The van der Waals surface area contributed by atoms with Gasteiger partial charge in [0.25, 0.3) is 0 Å². The molecule has 6 nitrogen and oxygen atoms in total. The maximum absolute atomic E-state index is 5.38. The summed E-state index contributed by atoms with van der Waals surface area (Å²) in [5, 5.41) is 7.31. The Kier molecular flexibility index (Phi) is 3.61. The summed E-state index contributed by atoms with van der Waals surface area (Å²) >= 11 is 0. The lowest BCUT2D eigenvalue weighted by atomic mass is 10.3. The Bertz CT molecular complexity index is 533. The summed E-state index contributed by atoms with van der Waals surface area (Å²) in [6.07, 6.45) is 3.90. The van der Waals surface area contributed by atoms with E-state index >= 15 is 0 Å². The van der Waals surface area contributed by atoms with Gasteiger partial charge in [0, 0.05) is 38.1 Å². The molecule has 19 heavy (non-hydrogen) atoms. The Morgan fingerprint density at radius 1 is 1.42 bits per heavy atom. The molecular formula is C13H19N5O. The summed E-state index contributed by atoms with van der Waals surface area (Å²) in [6, 6.07) is 2.03. The molecule has 0 fully saturated rings. The molecule has 1 aliphatic rings. The van der Waals surface area contributed by atoms with Crippen LogP contribution in [0.2, 0.25) is 0 Å². The predicted molar refractivity (Wildman–Crippen MR) is 70.2 cm³/mol. The third-order valence-electron chi connectivity index (χ3n) is 3.37. The van der Waals surface area contributed by atoms with Crippen molar-refractivity contribution in [1.29, 1.82) is 0 Å². The zero-order valence-electron chi connectivity index (χ0n) is 11.2. The van der Waals surface area contributed by atoms with Gasteiger partial charge in [-0.25, -0.2) is 4.98 Å². The van der Waals surface area contributed by atoms with Gasteiger partial charge in [0.05, 0.1) is 18.8 Å². The maximum Gasteiger partial charge on any atom is 0.151 e. The summed E-state index contributed by atoms with van der Waals surface area (Å²) in [4.78, 5) is 6.69. The van der Waals surface area contributed by atoms with Crippen LogP contribution in [0.15, 0.2) is 23.0 Å². The number of hydrogen-bond acceptors (Lipinski definition) is 5.